The van der Waals surface area contributed by atoms with E-state index in [2.05, 4.69) is 5.32 Å². The second kappa shape index (κ2) is 10.7. The van der Waals surface area contributed by atoms with Gasteiger partial charge in [-0.25, -0.2) is 9.37 Å². The molecule has 2 N–H and O–H groups in total. The molecular weight excluding hydrogens is 489 g/mol. The van der Waals surface area contributed by atoms with E-state index < -0.39 is 17.9 Å². The zero-order chi connectivity index (χ0) is 24.9. The van der Waals surface area contributed by atoms with Crippen LogP contribution in [0.2, 0.25) is 5.02 Å². The first-order valence-corrected chi connectivity index (χ1v) is 11.9. The highest BCUT2D eigenvalue weighted by Gasteiger charge is 2.20. The van der Waals surface area contributed by atoms with E-state index in [1.807, 2.05) is 23.6 Å². The quantitative estimate of drug-likeness (QED) is 0.298. The lowest BCUT2D eigenvalue weighted by Crippen LogP contribution is -2.38. The number of nitrogens with zero attached hydrogens (tertiary/aromatic N) is 2. The highest BCUT2D eigenvalue weighted by atomic mass is 35.5. The van der Waals surface area contributed by atoms with E-state index in [4.69, 9.17) is 21.7 Å². The van der Waals surface area contributed by atoms with Crippen LogP contribution in [0.15, 0.2) is 78.2 Å². The Kier molecular flexibility index (Phi) is 7.43. The number of nitrogens with one attached hydrogen (secondary N) is 1. The van der Waals surface area contributed by atoms with Crippen molar-refractivity contribution in [2.45, 2.75) is 19.5 Å². The molecule has 0 aliphatic rings. The number of hydrogen-bond donors (Lipinski definition) is 2. The van der Waals surface area contributed by atoms with Gasteiger partial charge in [-0.2, -0.15) is 0 Å². The van der Waals surface area contributed by atoms with Crippen LogP contribution in [-0.4, -0.2) is 28.0 Å². The van der Waals surface area contributed by atoms with Gasteiger partial charge in [0.2, 0.25) is 0 Å². The van der Waals surface area contributed by atoms with Gasteiger partial charge in [-0.1, -0.05) is 54.1 Å². The van der Waals surface area contributed by atoms with Crippen LogP contribution in [0, 0.1) is 5.82 Å². The summed E-state index contributed by atoms with van der Waals surface area (Å²) in [7, 11) is 0. The molecule has 178 valence electrons. The summed E-state index contributed by atoms with van der Waals surface area (Å²) in [5.74, 6) is -1.99. The number of thiazole rings is 1. The minimum absolute atomic E-state index is 0.295. The number of aliphatic carboxylic acids is 1. The number of carboxylic acid groups (broad SMARTS) is 1. The van der Waals surface area contributed by atoms with Crippen molar-refractivity contribution >= 4 is 45.6 Å². The minimum Gasteiger partial charge on any atom is -0.480 e. The molecule has 0 radical (unpaired) electrons. The Labute approximate surface area is 210 Å². The van der Waals surface area contributed by atoms with Crippen molar-refractivity contribution in [3.63, 3.8) is 0 Å². The standard InChI is InChI=1S/C26H21ClFN3O3S/c1-16(25(33)34)29-24(32)18-12-10-17(11-13-18)14-31(23-9-5-4-8-21(23)28)26-30-22(15-35-26)19-6-2-3-7-20(19)27/h2-13,15-16H,14H2,1H3,(H,29,32)(H,33,34). The van der Waals surface area contributed by atoms with Gasteiger partial charge in [-0.3, -0.25) is 9.59 Å². The summed E-state index contributed by atoms with van der Waals surface area (Å²) in [5.41, 5.74) is 2.98. The summed E-state index contributed by atoms with van der Waals surface area (Å²) >= 11 is 7.71. The van der Waals surface area contributed by atoms with Gasteiger partial charge < -0.3 is 15.3 Å². The molecule has 0 bridgehead atoms. The molecular formula is C26H21ClFN3O3S. The molecule has 35 heavy (non-hydrogen) atoms. The average molecular weight is 510 g/mol. The molecule has 3 aromatic carbocycles. The molecule has 1 amide bonds. The van der Waals surface area contributed by atoms with E-state index >= 15 is 0 Å². The molecule has 6 nitrogen and oxygen atoms in total. The topological polar surface area (TPSA) is 82.5 Å². The molecule has 1 atom stereocenters. The number of anilines is 2. The predicted molar refractivity (Wildman–Crippen MR) is 136 cm³/mol. The maximum absolute atomic E-state index is 14.8. The highest BCUT2D eigenvalue weighted by molar-refractivity contribution is 7.14. The molecule has 0 saturated carbocycles. The lowest BCUT2D eigenvalue weighted by atomic mass is 10.1. The molecule has 0 aliphatic carbocycles. The monoisotopic (exact) mass is 509 g/mol. The molecule has 0 aliphatic heterocycles. The highest BCUT2D eigenvalue weighted by Crippen LogP contribution is 2.36. The van der Waals surface area contributed by atoms with Gasteiger partial charge >= 0.3 is 5.97 Å². The number of rotatable bonds is 8. The number of carboxylic acids is 1. The fraction of sp³-hybridized carbons (Fsp3) is 0.115. The third-order valence-electron chi connectivity index (χ3n) is 5.29. The summed E-state index contributed by atoms with van der Waals surface area (Å²) < 4.78 is 14.8. The summed E-state index contributed by atoms with van der Waals surface area (Å²) in [6.45, 7) is 1.69. The molecule has 1 unspecified atom stereocenters. The Morgan fingerprint density at radius 3 is 2.46 bits per heavy atom. The van der Waals surface area contributed by atoms with Gasteiger partial charge in [0.1, 0.15) is 11.9 Å². The Hall–Kier alpha value is -3.75. The fourth-order valence-electron chi connectivity index (χ4n) is 3.39. The van der Waals surface area contributed by atoms with E-state index in [0.29, 0.717) is 33.6 Å². The molecule has 4 aromatic rings. The summed E-state index contributed by atoms with van der Waals surface area (Å²) in [4.78, 5) is 29.8. The molecule has 1 aromatic heterocycles. The van der Waals surface area contributed by atoms with Crippen LogP contribution in [0.1, 0.15) is 22.8 Å². The van der Waals surface area contributed by atoms with Crippen LogP contribution in [0.5, 0.6) is 0 Å². The van der Waals surface area contributed by atoms with Crippen molar-refractivity contribution in [2.24, 2.45) is 0 Å². The number of amides is 1. The van der Waals surface area contributed by atoms with Crippen LogP contribution in [0.3, 0.4) is 0 Å². The van der Waals surface area contributed by atoms with Crippen molar-refractivity contribution in [1.82, 2.24) is 10.3 Å². The van der Waals surface area contributed by atoms with Gasteiger partial charge in [0, 0.05) is 21.5 Å². The maximum atomic E-state index is 14.8. The third-order valence-corrected chi connectivity index (χ3v) is 6.48. The summed E-state index contributed by atoms with van der Waals surface area (Å²) in [5, 5.41) is 14.4. The van der Waals surface area contributed by atoms with Crippen LogP contribution in [0.4, 0.5) is 15.2 Å². The van der Waals surface area contributed by atoms with Gasteiger partial charge in [0.25, 0.3) is 5.91 Å². The molecule has 1 heterocycles. The second-order valence-electron chi connectivity index (χ2n) is 7.76. The predicted octanol–water partition coefficient (Wildman–Crippen LogP) is 6.14. The first kappa shape index (κ1) is 24.4. The number of carbonyl (C=O) groups is 2. The van der Waals surface area contributed by atoms with Crippen molar-refractivity contribution in [1.29, 1.82) is 0 Å². The van der Waals surface area contributed by atoms with Crippen molar-refractivity contribution in [2.75, 3.05) is 4.90 Å². The van der Waals surface area contributed by atoms with E-state index in [1.165, 1.54) is 24.3 Å². The van der Waals surface area contributed by atoms with E-state index in [0.717, 1.165) is 11.1 Å². The first-order valence-electron chi connectivity index (χ1n) is 10.7. The third kappa shape index (κ3) is 5.67. The number of carbonyl (C=O) groups excluding carboxylic acids is 1. The van der Waals surface area contributed by atoms with Crippen LogP contribution in [-0.2, 0) is 11.3 Å². The Morgan fingerprint density at radius 2 is 1.77 bits per heavy atom. The number of aromatic nitrogens is 1. The first-order chi connectivity index (χ1) is 16.8. The van der Waals surface area contributed by atoms with Gasteiger partial charge in [0.15, 0.2) is 5.13 Å². The normalized spacial score (nSPS) is 11.6. The SMILES string of the molecule is CC(NC(=O)c1ccc(CN(c2nc(-c3ccccc3Cl)cs2)c2ccccc2F)cc1)C(=O)O. The zero-order valence-corrected chi connectivity index (χ0v) is 20.2. The largest absolute Gasteiger partial charge is 0.480 e. The van der Waals surface area contributed by atoms with Gasteiger partial charge in [0.05, 0.1) is 17.9 Å². The van der Waals surface area contributed by atoms with Gasteiger partial charge in [-0.05, 0) is 42.8 Å². The number of benzene rings is 3. The number of hydrogen-bond acceptors (Lipinski definition) is 5. The van der Waals surface area contributed by atoms with Crippen molar-refractivity contribution < 1.29 is 19.1 Å². The molecule has 0 fully saturated rings. The van der Waals surface area contributed by atoms with Gasteiger partial charge in [-0.15, -0.1) is 11.3 Å². The minimum atomic E-state index is -1.12. The van der Waals surface area contributed by atoms with Crippen LogP contribution >= 0.6 is 22.9 Å². The van der Waals surface area contributed by atoms with E-state index in [1.54, 1.807) is 53.4 Å². The van der Waals surface area contributed by atoms with Crippen molar-refractivity contribution in [3.8, 4) is 11.3 Å². The lowest BCUT2D eigenvalue weighted by Gasteiger charge is -2.23. The molecule has 0 spiro atoms. The molecule has 9 heteroatoms. The molecule has 0 saturated heterocycles. The summed E-state index contributed by atoms with van der Waals surface area (Å²) in [6.07, 6.45) is 0. The van der Waals surface area contributed by atoms with Crippen LogP contribution < -0.4 is 10.2 Å². The fourth-order valence-corrected chi connectivity index (χ4v) is 4.46. The smallest absolute Gasteiger partial charge is 0.325 e. The van der Waals surface area contributed by atoms with Crippen LogP contribution in [0.25, 0.3) is 11.3 Å². The zero-order valence-electron chi connectivity index (χ0n) is 18.6. The Bertz CT molecular complexity index is 1360. The number of para-hydroxylation sites is 1. The summed E-state index contributed by atoms with van der Waals surface area (Å²) in [6, 6.07) is 19.5. The van der Waals surface area contributed by atoms with Crippen molar-refractivity contribution in [3.05, 3.63) is 100 Å². The van der Waals surface area contributed by atoms with E-state index in [9.17, 15) is 14.0 Å². The average Bonchev–Trinajstić information content (AvgIpc) is 3.33. The second-order valence-corrected chi connectivity index (χ2v) is 9.01. The lowest BCUT2D eigenvalue weighted by molar-refractivity contribution is -0.138. The maximum Gasteiger partial charge on any atom is 0.325 e. The number of halogens is 2. The Balaban J connectivity index is 1.62. The molecule has 4 rings (SSSR count). The van der Waals surface area contributed by atoms with E-state index in [-0.39, 0.29) is 5.82 Å². The Morgan fingerprint density at radius 1 is 1.09 bits per heavy atom.